The summed E-state index contributed by atoms with van der Waals surface area (Å²) in [6.45, 7) is 2.07. The second-order valence-corrected chi connectivity index (χ2v) is 9.13. The molecule has 34 heavy (non-hydrogen) atoms. The maximum Gasteiger partial charge on any atom is 0.295 e. The summed E-state index contributed by atoms with van der Waals surface area (Å²) in [4.78, 5) is 31.0. The number of ether oxygens (including phenoxy) is 2. The number of fused-ring (bicyclic) bond motifs is 1. The smallest absolute Gasteiger partial charge is 0.295 e. The fraction of sp³-hybridized carbons (Fsp3) is 0.385. The van der Waals surface area contributed by atoms with E-state index in [9.17, 15) is 14.7 Å². The van der Waals surface area contributed by atoms with Crippen LogP contribution < -0.4 is 24.4 Å². The molecule has 1 saturated heterocycles. The molecule has 0 saturated carbocycles. The average molecular weight is 466 g/mol. The highest BCUT2D eigenvalue weighted by Gasteiger charge is 2.44. The predicted octanol–water partition coefficient (Wildman–Crippen LogP) is 0.282. The van der Waals surface area contributed by atoms with Crippen molar-refractivity contribution < 1.29 is 29.1 Å². The lowest BCUT2D eigenvalue weighted by Gasteiger charge is -2.28. The van der Waals surface area contributed by atoms with E-state index in [0.29, 0.717) is 36.8 Å². The van der Waals surface area contributed by atoms with Crippen LogP contribution >= 0.6 is 0 Å². The van der Waals surface area contributed by atoms with E-state index in [0.717, 1.165) is 24.2 Å². The van der Waals surface area contributed by atoms with Crippen LogP contribution in [-0.2, 0) is 9.59 Å². The lowest BCUT2D eigenvalue weighted by molar-refractivity contribution is -0.858. The number of amides is 1. The van der Waals surface area contributed by atoms with E-state index in [1.165, 1.54) is 4.90 Å². The Hall–Kier alpha value is -3.52. The number of ketones is 1. The van der Waals surface area contributed by atoms with Gasteiger partial charge in [0, 0.05) is 38.3 Å². The van der Waals surface area contributed by atoms with Crippen LogP contribution in [0, 0.1) is 0 Å². The van der Waals surface area contributed by atoms with Gasteiger partial charge >= 0.3 is 0 Å². The van der Waals surface area contributed by atoms with Gasteiger partial charge in [0.05, 0.1) is 26.7 Å². The van der Waals surface area contributed by atoms with Crippen LogP contribution in [0.25, 0.3) is 5.76 Å². The summed E-state index contributed by atoms with van der Waals surface area (Å²) in [5.41, 5.74) is 2.01. The maximum atomic E-state index is 13.6. The molecule has 2 aromatic rings. The van der Waals surface area contributed by atoms with Gasteiger partial charge in [-0.1, -0.05) is 24.0 Å². The van der Waals surface area contributed by atoms with Crippen molar-refractivity contribution in [2.75, 3.05) is 59.4 Å². The van der Waals surface area contributed by atoms with E-state index >= 15 is 0 Å². The number of likely N-dealkylation sites (tertiary alicyclic amines) is 1. The summed E-state index contributed by atoms with van der Waals surface area (Å²) in [7, 11) is 7.96. The van der Waals surface area contributed by atoms with Crippen molar-refractivity contribution in [3.63, 3.8) is 0 Å². The molecule has 4 rings (SSSR count). The molecule has 0 aliphatic carbocycles. The molecule has 1 fully saturated rings. The molecule has 2 aliphatic rings. The summed E-state index contributed by atoms with van der Waals surface area (Å²) in [5, 5.41) is 13.6. The van der Waals surface area contributed by atoms with E-state index in [1.54, 1.807) is 23.1 Å². The Morgan fingerprint density at radius 2 is 1.74 bits per heavy atom. The number of hydrogen-bond acceptors (Lipinski definition) is 6. The van der Waals surface area contributed by atoms with Gasteiger partial charge in [0.25, 0.3) is 5.91 Å². The van der Waals surface area contributed by atoms with Crippen LogP contribution in [0.5, 0.6) is 11.5 Å². The Labute approximate surface area is 200 Å². The second-order valence-electron chi connectivity index (χ2n) is 9.13. The molecule has 0 spiro atoms. The largest absolute Gasteiger partial charge is 0.872 e. The van der Waals surface area contributed by atoms with Crippen LogP contribution in [0.3, 0.4) is 0 Å². The predicted molar refractivity (Wildman–Crippen MR) is 127 cm³/mol. The molecule has 8 heteroatoms. The van der Waals surface area contributed by atoms with E-state index in [4.69, 9.17) is 9.47 Å². The normalized spacial score (nSPS) is 19.1. The van der Waals surface area contributed by atoms with Crippen molar-refractivity contribution >= 4 is 23.1 Å². The summed E-state index contributed by atoms with van der Waals surface area (Å²) < 4.78 is 11.2. The fourth-order valence-electron chi connectivity index (χ4n) is 4.35. The molecule has 8 nitrogen and oxygen atoms in total. The van der Waals surface area contributed by atoms with Crippen molar-refractivity contribution in [2.24, 2.45) is 0 Å². The minimum absolute atomic E-state index is 0.0171. The third-order valence-electron chi connectivity index (χ3n) is 6.13. The number of hydrogen-bond donors (Lipinski definition) is 1. The number of carbonyl (C=O) groups is 2. The number of rotatable bonds is 7. The fourth-order valence-corrected chi connectivity index (χ4v) is 4.35. The van der Waals surface area contributed by atoms with Gasteiger partial charge in [0.1, 0.15) is 13.2 Å². The molecule has 0 bridgehead atoms. The van der Waals surface area contributed by atoms with Crippen LogP contribution in [0.1, 0.15) is 23.6 Å². The molecule has 1 amide bonds. The van der Waals surface area contributed by atoms with Gasteiger partial charge in [-0.25, -0.2) is 0 Å². The highest BCUT2D eigenvalue weighted by atomic mass is 16.6. The van der Waals surface area contributed by atoms with Crippen LogP contribution in [0.2, 0.25) is 0 Å². The molecule has 0 aromatic heterocycles. The molecule has 2 aromatic carbocycles. The zero-order valence-corrected chi connectivity index (χ0v) is 20.1. The van der Waals surface area contributed by atoms with Gasteiger partial charge < -0.3 is 29.3 Å². The first kappa shape index (κ1) is 23.6. The summed E-state index contributed by atoms with van der Waals surface area (Å²) in [5.74, 6) is -0.801. The molecule has 2 aliphatic heterocycles. The number of nitrogens with one attached hydrogen (secondary N) is 1. The maximum absolute atomic E-state index is 13.6. The number of quaternary nitrogens is 1. The van der Waals surface area contributed by atoms with Crippen molar-refractivity contribution in [2.45, 2.75) is 12.5 Å². The first-order valence-corrected chi connectivity index (χ1v) is 11.5. The third-order valence-corrected chi connectivity index (χ3v) is 6.13. The molecule has 2 heterocycles. The molecule has 1 atom stereocenters. The van der Waals surface area contributed by atoms with Gasteiger partial charge in [-0.2, -0.15) is 0 Å². The quantitative estimate of drug-likeness (QED) is 0.359. The Kier molecular flexibility index (Phi) is 6.79. The zero-order chi connectivity index (χ0) is 24.4. The number of benzene rings is 2. The molecule has 0 radical (unpaired) electrons. The van der Waals surface area contributed by atoms with E-state index in [2.05, 4.69) is 0 Å². The first-order chi connectivity index (χ1) is 16.3. The average Bonchev–Trinajstić information content (AvgIpc) is 3.08. The molecule has 1 unspecified atom stereocenters. The SMILES string of the molecule is CN(C)c1ccc(C2/C(=C(\[O-])c3ccc4c(c3)OCCO4)C(=O)C(=O)N2CCC[NH+](C)C)cc1. The summed E-state index contributed by atoms with van der Waals surface area (Å²) >= 11 is 0. The van der Waals surface area contributed by atoms with Gasteiger partial charge in [0.15, 0.2) is 11.5 Å². The Morgan fingerprint density at radius 1 is 1.06 bits per heavy atom. The lowest BCUT2D eigenvalue weighted by atomic mass is 9.95. The Bertz CT molecular complexity index is 1110. The van der Waals surface area contributed by atoms with Crippen LogP contribution in [0.15, 0.2) is 48.0 Å². The van der Waals surface area contributed by atoms with Crippen LogP contribution in [0.4, 0.5) is 5.69 Å². The van der Waals surface area contributed by atoms with E-state index in [-0.39, 0.29) is 5.57 Å². The molecular weight excluding hydrogens is 434 g/mol. The topological polar surface area (TPSA) is 86.6 Å². The standard InChI is InChI=1S/C26H31N3O5/c1-27(2)12-5-13-29-23(17-6-9-19(10-7-17)28(3)4)22(25(31)26(29)32)24(30)18-8-11-20-21(16-18)34-15-14-33-20/h6-11,16,23,30H,5,12-15H2,1-4H3/b24-22+. The molecule has 1 N–H and O–H groups in total. The Morgan fingerprint density at radius 3 is 2.38 bits per heavy atom. The van der Waals surface area contributed by atoms with Crippen LogP contribution in [-0.4, -0.2) is 71.1 Å². The number of nitrogens with zero attached hydrogens (tertiary/aromatic N) is 2. The second kappa shape index (κ2) is 9.77. The van der Waals surface area contributed by atoms with Crippen molar-refractivity contribution in [3.8, 4) is 11.5 Å². The molecule has 180 valence electrons. The number of anilines is 1. The van der Waals surface area contributed by atoms with Crippen molar-refractivity contribution in [3.05, 3.63) is 59.2 Å². The highest BCUT2D eigenvalue weighted by Crippen LogP contribution is 2.40. The molecular formula is C26H31N3O5. The minimum atomic E-state index is -0.737. The lowest BCUT2D eigenvalue weighted by Crippen LogP contribution is -3.05. The first-order valence-electron chi connectivity index (χ1n) is 11.5. The minimum Gasteiger partial charge on any atom is -0.872 e. The third kappa shape index (κ3) is 4.59. The summed E-state index contributed by atoms with van der Waals surface area (Å²) in [6, 6.07) is 11.8. The van der Waals surface area contributed by atoms with Gasteiger partial charge in [-0.3, -0.25) is 9.59 Å². The number of Topliss-reactive ketones (excluding diaryl/α,β-unsaturated/α-hetero) is 1. The van der Waals surface area contributed by atoms with Crippen molar-refractivity contribution in [1.29, 1.82) is 0 Å². The van der Waals surface area contributed by atoms with Gasteiger partial charge in [0.2, 0.25) is 5.78 Å². The van der Waals surface area contributed by atoms with E-state index < -0.39 is 23.5 Å². The summed E-state index contributed by atoms with van der Waals surface area (Å²) in [6.07, 6.45) is 0.721. The Balaban J connectivity index is 1.78. The highest BCUT2D eigenvalue weighted by molar-refractivity contribution is 6.46. The zero-order valence-electron chi connectivity index (χ0n) is 20.1. The van der Waals surface area contributed by atoms with Gasteiger partial charge in [-0.15, -0.1) is 0 Å². The van der Waals surface area contributed by atoms with E-state index in [1.807, 2.05) is 57.4 Å². The van der Waals surface area contributed by atoms with Gasteiger partial charge in [-0.05, 0) is 35.4 Å². The monoisotopic (exact) mass is 465 g/mol. The number of carbonyl (C=O) groups excluding carboxylic acids is 2. The van der Waals surface area contributed by atoms with Crippen molar-refractivity contribution in [1.82, 2.24) is 4.90 Å².